The van der Waals surface area contributed by atoms with Crippen LogP contribution >= 0.6 is 11.3 Å². The van der Waals surface area contributed by atoms with E-state index in [0.717, 1.165) is 12.1 Å². The van der Waals surface area contributed by atoms with E-state index in [4.69, 9.17) is 0 Å². The first-order valence-corrected chi connectivity index (χ1v) is 8.85. The number of pyridine rings is 1. The van der Waals surface area contributed by atoms with Crippen LogP contribution in [-0.4, -0.2) is 15.9 Å². The number of alkyl halides is 3. The summed E-state index contributed by atoms with van der Waals surface area (Å²) < 4.78 is 40.1. The molecule has 0 radical (unpaired) electrons. The van der Waals surface area contributed by atoms with E-state index >= 15 is 0 Å². The highest BCUT2D eigenvalue weighted by molar-refractivity contribution is 7.13. The van der Waals surface area contributed by atoms with Gasteiger partial charge in [-0.1, -0.05) is 26.8 Å². The Morgan fingerprint density at radius 2 is 1.93 bits per heavy atom. The Kier molecular flexibility index (Phi) is 4.59. The van der Waals surface area contributed by atoms with Crippen LogP contribution in [0, 0.1) is 0 Å². The summed E-state index contributed by atoms with van der Waals surface area (Å²) in [7, 11) is 0. The first-order valence-electron chi connectivity index (χ1n) is 7.97. The number of hydrogen-bond acceptors (Lipinski definition) is 4. The maximum atomic E-state index is 13.4. The minimum absolute atomic E-state index is 0.130. The lowest BCUT2D eigenvalue weighted by Crippen LogP contribution is -2.30. The number of fused-ring (bicyclic) bond motifs is 1. The number of hydrogen-bond donors (Lipinski definition) is 2. The van der Waals surface area contributed by atoms with Gasteiger partial charge in [0.2, 0.25) is 5.43 Å². The number of H-pyrrole nitrogens is 1. The molecule has 5 nitrogen and oxygen atoms in total. The van der Waals surface area contributed by atoms with E-state index in [2.05, 4.69) is 15.3 Å². The van der Waals surface area contributed by atoms with E-state index in [9.17, 15) is 22.8 Å². The second kappa shape index (κ2) is 6.49. The number of nitrogens with one attached hydrogen (secondary N) is 2. The molecule has 0 unspecified atom stereocenters. The number of halogens is 3. The fourth-order valence-corrected chi connectivity index (χ4v) is 3.30. The second-order valence-corrected chi connectivity index (χ2v) is 7.87. The van der Waals surface area contributed by atoms with Crippen molar-refractivity contribution < 1.29 is 18.0 Å². The lowest BCUT2D eigenvalue weighted by molar-refractivity contribution is -0.136. The van der Waals surface area contributed by atoms with Crippen molar-refractivity contribution in [2.45, 2.75) is 32.4 Å². The SMILES string of the molecule is CC(C)(C)c1[nH]c2c(C(F)(F)F)cccc2c(=O)c1C(=O)Nc1nccs1. The second-order valence-electron chi connectivity index (χ2n) is 6.97. The molecule has 0 atom stereocenters. The molecule has 0 aliphatic carbocycles. The fourth-order valence-electron chi connectivity index (χ4n) is 2.77. The lowest BCUT2D eigenvalue weighted by atomic mass is 9.87. The van der Waals surface area contributed by atoms with Crippen LogP contribution < -0.4 is 10.7 Å². The number of rotatable bonds is 2. The largest absolute Gasteiger partial charge is 0.418 e. The average molecular weight is 395 g/mol. The summed E-state index contributed by atoms with van der Waals surface area (Å²) in [6.45, 7) is 5.13. The van der Waals surface area contributed by atoms with Gasteiger partial charge in [-0.05, 0) is 12.1 Å². The van der Waals surface area contributed by atoms with Gasteiger partial charge in [0.1, 0.15) is 5.56 Å². The Morgan fingerprint density at radius 1 is 1.22 bits per heavy atom. The number of aromatic nitrogens is 2. The molecule has 0 aliphatic rings. The number of carbonyl (C=O) groups excluding carboxylic acids is 1. The highest BCUT2D eigenvalue weighted by Crippen LogP contribution is 2.35. The standard InChI is InChI=1S/C18H16F3N3O2S/c1-17(2,3)14-11(15(26)24-16-22-7-8-27-16)13(25)9-5-4-6-10(12(9)23-14)18(19,20)21/h4-8H,1-3H3,(H,23,25)(H,22,24,26). The molecule has 0 saturated carbocycles. The van der Waals surface area contributed by atoms with Crippen molar-refractivity contribution in [3.63, 3.8) is 0 Å². The van der Waals surface area contributed by atoms with Crippen molar-refractivity contribution in [2.75, 3.05) is 5.32 Å². The third-order valence-electron chi connectivity index (χ3n) is 3.97. The van der Waals surface area contributed by atoms with E-state index < -0.39 is 28.5 Å². The van der Waals surface area contributed by atoms with E-state index in [1.165, 1.54) is 23.6 Å². The van der Waals surface area contributed by atoms with Gasteiger partial charge < -0.3 is 4.98 Å². The van der Waals surface area contributed by atoms with Crippen LogP contribution in [-0.2, 0) is 11.6 Å². The van der Waals surface area contributed by atoms with E-state index in [0.29, 0.717) is 5.13 Å². The molecule has 27 heavy (non-hydrogen) atoms. The Morgan fingerprint density at radius 3 is 2.48 bits per heavy atom. The molecular formula is C18H16F3N3O2S. The smallest absolute Gasteiger partial charge is 0.357 e. The molecule has 0 fully saturated rings. The number of para-hydroxylation sites is 1. The zero-order chi connectivity index (χ0) is 20.0. The molecule has 0 spiro atoms. The monoisotopic (exact) mass is 395 g/mol. The van der Waals surface area contributed by atoms with Crippen LogP contribution in [0.1, 0.15) is 42.4 Å². The van der Waals surface area contributed by atoms with Gasteiger partial charge in [0.05, 0.1) is 11.1 Å². The van der Waals surface area contributed by atoms with Crippen LogP contribution in [0.15, 0.2) is 34.6 Å². The van der Waals surface area contributed by atoms with Gasteiger partial charge in [-0.2, -0.15) is 13.2 Å². The van der Waals surface area contributed by atoms with Crippen LogP contribution in [0.5, 0.6) is 0 Å². The Balaban J connectivity index is 2.32. The first-order chi connectivity index (χ1) is 12.5. The molecule has 142 valence electrons. The zero-order valence-electron chi connectivity index (χ0n) is 14.7. The average Bonchev–Trinajstić information content (AvgIpc) is 3.05. The van der Waals surface area contributed by atoms with Crippen LogP contribution in [0.25, 0.3) is 10.9 Å². The van der Waals surface area contributed by atoms with Crippen molar-refractivity contribution in [3.8, 4) is 0 Å². The molecule has 9 heteroatoms. The fraction of sp³-hybridized carbons (Fsp3) is 0.278. The number of aromatic amines is 1. The van der Waals surface area contributed by atoms with Crippen LogP contribution in [0.3, 0.4) is 0 Å². The summed E-state index contributed by atoms with van der Waals surface area (Å²) in [5.41, 5.74) is -2.90. The van der Waals surface area contributed by atoms with Crippen molar-refractivity contribution >= 4 is 33.3 Å². The number of anilines is 1. The summed E-state index contributed by atoms with van der Waals surface area (Å²) >= 11 is 1.17. The molecule has 0 bridgehead atoms. The number of nitrogens with zero attached hydrogens (tertiary/aromatic N) is 1. The van der Waals surface area contributed by atoms with E-state index in [-0.39, 0.29) is 22.2 Å². The predicted octanol–water partition coefficient (Wildman–Crippen LogP) is 4.55. The summed E-state index contributed by atoms with van der Waals surface area (Å²) in [5.74, 6) is -0.713. The third kappa shape index (κ3) is 3.59. The summed E-state index contributed by atoms with van der Waals surface area (Å²) in [6, 6.07) is 3.33. The Labute approximate surface area is 156 Å². The molecule has 1 aromatic carbocycles. The lowest BCUT2D eigenvalue weighted by Gasteiger charge is -2.23. The van der Waals surface area contributed by atoms with Gasteiger partial charge in [-0.3, -0.25) is 14.9 Å². The normalized spacial score (nSPS) is 12.4. The van der Waals surface area contributed by atoms with E-state index in [1.807, 2.05) is 0 Å². The highest BCUT2D eigenvalue weighted by Gasteiger charge is 2.35. The number of carbonyl (C=O) groups is 1. The molecule has 2 heterocycles. The predicted molar refractivity (Wildman–Crippen MR) is 98.3 cm³/mol. The Bertz CT molecular complexity index is 1060. The van der Waals surface area contributed by atoms with Crippen LogP contribution in [0.2, 0.25) is 0 Å². The summed E-state index contributed by atoms with van der Waals surface area (Å²) in [5, 5.41) is 4.28. The number of thiazole rings is 1. The number of amides is 1. The molecule has 0 saturated heterocycles. The topological polar surface area (TPSA) is 74.8 Å². The molecule has 3 aromatic rings. The summed E-state index contributed by atoms with van der Waals surface area (Å²) in [6.07, 6.45) is -3.15. The van der Waals surface area contributed by atoms with Gasteiger partial charge in [0.15, 0.2) is 5.13 Å². The third-order valence-corrected chi connectivity index (χ3v) is 4.66. The van der Waals surface area contributed by atoms with Crippen molar-refractivity contribution in [3.05, 3.63) is 56.8 Å². The zero-order valence-corrected chi connectivity index (χ0v) is 15.5. The van der Waals surface area contributed by atoms with Gasteiger partial charge in [0.25, 0.3) is 5.91 Å². The molecule has 2 N–H and O–H groups in total. The summed E-state index contributed by atoms with van der Waals surface area (Å²) in [4.78, 5) is 32.4. The van der Waals surface area contributed by atoms with Crippen molar-refractivity contribution in [1.82, 2.24) is 9.97 Å². The van der Waals surface area contributed by atoms with Gasteiger partial charge in [-0.25, -0.2) is 4.98 Å². The first kappa shape index (κ1) is 19.1. The van der Waals surface area contributed by atoms with Crippen molar-refractivity contribution in [2.24, 2.45) is 0 Å². The molecule has 2 aromatic heterocycles. The van der Waals surface area contributed by atoms with Crippen LogP contribution in [0.4, 0.5) is 18.3 Å². The van der Waals surface area contributed by atoms with Gasteiger partial charge in [0, 0.05) is 28.1 Å². The van der Waals surface area contributed by atoms with Crippen molar-refractivity contribution in [1.29, 1.82) is 0 Å². The maximum absolute atomic E-state index is 13.4. The molecule has 0 aliphatic heterocycles. The number of benzene rings is 1. The quantitative estimate of drug-likeness (QED) is 0.668. The molecule has 1 amide bonds. The van der Waals surface area contributed by atoms with Gasteiger partial charge in [-0.15, -0.1) is 11.3 Å². The molecular weight excluding hydrogens is 379 g/mol. The van der Waals surface area contributed by atoms with Gasteiger partial charge >= 0.3 is 6.18 Å². The minimum Gasteiger partial charge on any atom is -0.357 e. The Hall–Kier alpha value is -2.68. The minimum atomic E-state index is -4.64. The highest BCUT2D eigenvalue weighted by atomic mass is 32.1. The molecule has 3 rings (SSSR count). The maximum Gasteiger partial charge on any atom is 0.418 e. The van der Waals surface area contributed by atoms with E-state index in [1.54, 1.807) is 26.2 Å².